The summed E-state index contributed by atoms with van der Waals surface area (Å²) in [5.74, 6) is 2.82. The largest absolute Gasteiger partial charge is 0.393 e. The minimum Gasteiger partial charge on any atom is -0.393 e. The molecule has 29 heavy (non-hydrogen) atoms. The second kappa shape index (κ2) is 7.56. The van der Waals surface area contributed by atoms with E-state index in [-0.39, 0.29) is 11.5 Å². The predicted octanol–water partition coefficient (Wildman–Crippen LogP) is 7.40. The molecule has 4 aliphatic carbocycles. The summed E-state index contributed by atoms with van der Waals surface area (Å²) in [5.41, 5.74) is 6.81. The normalized spacial score (nSPS) is 42.4. The smallest absolute Gasteiger partial charge is 0.0551 e. The van der Waals surface area contributed by atoms with Crippen LogP contribution in [0.5, 0.6) is 0 Å². The van der Waals surface area contributed by atoms with Crippen molar-refractivity contribution < 1.29 is 5.11 Å². The third-order valence-corrected chi connectivity index (χ3v) is 9.65. The van der Waals surface area contributed by atoms with Crippen LogP contribution in [0.3, 0.4) is 0 Å². The topological polar surface area (TPSA) is 20.2 Å². The molecule has 0 aromatic rings. The van der Waals surface area contributed by atoms with Gasteiger partial charge in [0.15, 0.2) is 0 Å². The molecule has 0 aromatic carbocycles. The van der Waals surface area contributed by atoms with E-state index in [1.54, 1.807) is 11.1 Å². The van der Waals surface area contributed by atoms with Gasteiger partial charge in [0.2, 0.25) is 0 Å². The van der Waals surface area contributed by atoms with Crippen molar-refractivity contribution in [3.63, 3.8) is 0 Å². The molecule has 4 aliphatic rings. The molecule has 0 spiro atoms. The highest BCUT2D eigenvalue weighted by molar-refractivity contribution is 5.39. The zero-order chi connectivity index (χ0) is 21.0. The van der Waals surface area contributed by atoms with Crippen LogP contribution in [0.15, 0.2) is 46.6 Å². The van der Waals surface area contributed by atoms with Gasteiger partial charge in [-0.15, -0.1) is 0 Å². The van der Waals surface area contributed by atoms with E-state index in [4.69, 9.17) is 0 Å². The Labute approximate surface area is 179 Å². The molecule has 0 amide bonds. The van der Waals surface area contributed by atoms with Crippen molar-refractivity contribution in [1.82, 2.24) is 0 Å². The van der Waals surface area contributed by atoms with Crippen molar-refractivity contribution in [3.05, 3.63) is 46.6 Å². The van der Waals surface area contributed by atoms with Crippen molar-refractivity contribution in [2.45, 2.75) is 92.6 Å². The number of allylic oxidation sites excluding steroid dienone is 8. The molecule has 1 nitrogen and oxygen atoms in total. The van der Waals surface area contributed by atoms with E-state index in [1.165, 1.54) is 36.8 Å². The zero-order valence-electron chi connectivity index (χ0n) is 19.6. The summed E-state index contributed by atoms with van der Waals surface area (Å²) >= 11 is 0. The first-order valence-corrected chi connectivity index (χ1v) is 12.1. The highest BCUT2D eigenvalue weighted by Crippen LogP contribution is 2.65. The van der Waals surface area contributed by atoms with Gasteiger partial charge >= 0.3 is 0 Å². The van der Waals surface area contributed by atoms with Gasteiger partial charge in [-0.25, -0.2) is 0 Å². The quantitative estimate of drug-likeness (QED) is 0.495. The summed E-state index contributed by atoms with van der Waals surface area (Å²) in [5, 5.41) is 10.4. The predicted molar refractivity (Wildman–Crippen MR) is 124 cm³/mol. The van der Waals surface area contributed by atoms with Crippen molar-refractivity contribution in [2.75, 3.05) is 0 Å². The number of aliphatic hydroxyl groups excluding tert-OH is 1. The van der Waals surface area contributed by atoms with Crippen molar-refractivity contribution in [2.24, 2.45) is 34.5 Å². The van der Waals surface area contributed by atoms with E-state index in [2.05, 4.69) is 65.8 Å². The van der Waals surface area contributed by atoms with E-state index in [9.17, 15) is 5.11 Å². The van der Waals surface area contributed by atoms with Gasteiger partial charge in [-0.05, 0) is 100 Å². The molecule has 1 N–H and O–H groups in total. The molecule has 3 saturated carbocycles. The maximum absolute atomic E-state index is 10.4. The van der Waals surface area contributed by atoms with Gasteiger partial charge in [0.25, 0.3) is 0 Å². The SMILES string of the molecule is CC(C)=C(C)/C=C/[C@@H](C)[C@H]1CC[C@H]2C3=CC=C4CC[C@@H](O)C[C@]4(C)[C@H]3CC[C@]12C. The Morgan fingerprint density at radius 3 is 2.55 bits per heavy atom. The lowest BCUT2D eigenvalue weighted by molar-refractivity contribution is 0.0240. The second-order valence-electron chi connectivity index (χ2n) is 11.4. The fraction of sp³-hybridized carbons (Fsp3) is 0.714. The molecule has 7 atom stereocenters. The average Bonchev–Trinajstić information content (AvgIpc) is 3.02. The van der Waals surface area contributed by atoms with E-state index in [0.717, 1.165) is 31.1 Å². The molecule has 0 aromatic heterocycles. The van der Waals surface area contributed by atoms with Gasteiger partial charge < -0.3 is 5.11 Å². The van der Waals surface area contributed by atoms with Crippen molar-refractivity contribution >= 4 is 0 Å². The average molecular weight is 395 g/mol. The van der Waals surface area contributed by atoms with Crippen LogP contribution in [-0.4, -0.2) is 11.2 Å². The molecule has 0 bridgehead atoms. The zero-order valence-corrected chi connectivity index (χ0v) is 19.6. The van der Waals surface area contributed by atoms with Crippen LogP contribution in [0.4, 0.5) is 0 Å². The Morgan fingerprint density at radius 1 is 1.07 bits per heavy atom. The van der Waals surface area contributed by atoms with Gasteiger partial charge in [-0.2, -0.15) is 0 Å². The Morgan fingerprint density at radius 2 is 1.83 bits per heavy atom. The molecular formula is C28H42O. The Kier molecular flexibility index (Phi) is 5.52. The fourth-order valence-electron chi connectivity index (χ4n) is 7.58. The van der Waals surface area contributed by atoms with Gasteiger partial charge in [0, 0.05) is 0 Å². The first-order valence-electron chi connectivity index (χ1n) is 12.1. The standard InChI is InChI=1S/C28H42O/c1-18(2)19(3)7-8-20(4)24-13-14-25-23-12-10-21-9-11-22(29)17-28(21,6)26(23)15-16-27(24,25)5/h7-8,10,12,20,22,24-26,29H,9,11,13-17H2,1-6H3/b8-7+/t20-,22-,24-,25+,26+,27-,28+/m1/s1. The van der Waals surface area contributed by atoms with E-state index in [0.29, 0.717) is 17.3 Å². The third-order valence-electron chi connectivity index (χ3n) is 9.65. The molecule has 0 unspecified atom stereocenters. The van der Waals surface area contributed by atoms with Crippen LogP contribution >= 0.6 is 0 Å². The number of rotatable bonds is 3. The highest BCUT2D eigenvalue weighted by Gasteiger charge is 2.56. The summed E-state index contributed by atoms with van der Waals surface area (Å²) in [7, 11) is 0. The summed E-state index contributed by atoms with van der Waals surface area (Å²) in [6.07, 6.45) is 18.1. The molecule has 4 rings (SSSR count). The van der Waals surface area contributed by atoms with Crippen LogP contribution in [0.2, 0.25) is 0 Å². The van der Waals surface area contributed by atoms with Crippen LogP contribution in [0.25, 0.3) is 0 Å². The molecule has 0 aliphatic heterocycles. The minimum absolute atomic E-state index is 0.107. The fourth-order valence-corrected chi connectivity index (χ4v) is 7.58. The van der Waals surface area contributed by atoms with Crippen LogP contribution in [-0.2, 0) is 0 Å². The molecular weight excluding hydrogens is 352 g/mol. The summed E-state index contributed by atoms with van der Waals surface area (Å²) in [4.78, 5) is 0. The Hall–Kier alpha value is -1.08. The van der Waals surface area contributed by atoms with Crippen LogP contribution in [0, 0.1) is 34.5 Å². The van der Waals surface area contributed by atoms with Crippen molar-refractivity contribution in [1.29, 1.82) is 0 Å². The number of fused-ring (bicyclic) bond motifs is 5. The third kappa shape index (κ3) is 3.42. The molecule has 0 saturated heterocycles. The molecule has 0 radical (unpaired) electrons. The maximum atomic E-state index is 10.4. The number of hydrogen-bond acceptors (Lipinski definition) is 1. The van der Waals surface area contributed by atoms with Gasteiger partial charge in [0.1, 0.15) is 0 Å². The van der Waals surface area contributed by atoms with Crippen molar-refractivity contribution in [3.8, 4) is 0 Å². The second-order valence-corrected chi connectivity index (χ2v) is 11.4. The molecule has 3 fully saturated rings. The lowest BCUT2D eigenvalue weighted by Gasteiger charge is -2.55. The Bertz CT molecular complexity index is 776. The minimum atomic E-state index is -0.107. The summed E-state index contributed by atoms with van der Waals surface area (Å²) < 4.78 is 0. The first-order chi connectivity index (χ1) is 13.7. The summed E-state index contributed by atoms with van der Waals surface area (Å²) in [6.45, 7) is 14.2. The van der Waals surface area contributed by atoms with E-state index < -0.39 is 0 Å². The van der Waals surface area contributed by atoms with Gasteiger partial charge in [-0.1, -0.05) is 67.4 Å². The van der Waals surface area contributed by atoms with Crippen LogP contribution in [0.1, 0.15) is 86.5 Å². The monoisotopic (exact) mass is 394 g/mol. The van der Waals surface area contributed by atoms with E-state index in [1.807, 2.05) is 0 Å². The summed E-state index contributed by atoms with van der Waals surface area (Å²) in [6, 6.07) is 0. The Balaban J connectivity index is 1.59. The molecule has 160 valence electrons. The van der Waals surface area contributed by atoms with Gasteiger partial charge in [0.05, 0.1) is 6.10 Å². The highest BCUT2D eigenvalue weighted by atomic mass is 16.3. The molecule has 0 heterocycles. The van der Waals surface area contributed by atoms with Crippen LogP contribution < -0.4 is 0 Å². The van der Waals surface area contributed by atoms with Gasteiger partial charge in [-0.3, -0.25) is 0 Å². The lowest BCUT2D eigenvalue weighted by atomic mass is 9.50. The first kappa shape index (κ1) is 21.2. The number of hydrogen-bond donors (Lipinski definition) is 1. The molecule has 1 heteroatoms. The van der Waals surface area contributed by atoms with E-state index >= 15 is 0 Å². The number of aliphatic hydroxyl groups is 1. The lowest BCUT2D eigenvalue weighted by Crippen LogP contribution is -2.47. The maximum Gasteiger partial charge on any atom is 0.0551 e.